The Bertz CT molecular complexity index is 652. The molecule has 0 aliphatic carbocycles. The highest BCUT2D eigenvalue weighted by molar-refractivity contribution is 14.0. The standard InChI is InChI=1S/C19H29FN4O3.HI/c1-4-27-19(25)24-9-7-16(8-10-24)23-18(21-2)22-12-14-5-6-17(20)15(11-14)13-26-3;/h5-6,11,16H,4,7-10,12-13H2,1-3H3,(H2,21,22,23);1H. The zero-order valence-electron chi connectivity index (χ0n) is 16.7. The second-order valence-electron chi connectivity index (χ2n) is 6.39. The fourth-order valence-electron chi connectivity index (χ4n) is 3.00. The fraction of sp³-hybridized carbons (Fsp3) is 0.579. The van der Waals surface area contributed by atoms with E-state index in [0.29, 0.717) is 37.8 Å². The number of guanidine groups is 1. The van der Waals surface area contributed by atoms with Gasteiger partial charge in [0.1, 0.15) is 5.82 Å². The van der Waals surface area contributed by atoms with Crippen LogP contribution in [0.2, 0.25) is 0 Å². The number of halogens is 2. The molecule has 2 rings (SSSR count). The number of hydrogen-bond donors (Lipinski definition) is 2. The van der Waals surface area contributed by atoms with E-state index in [4.69, 9.17) is 9.47 Å². The number of piperidine rings is 1. The lowest BCUT2D eigenvalue weighted by Crippen LogP contribution is -2.49. The summed E-state index contributed by atoms with van der Waals surface area (Å²) in [7, 11) is 3.26. The normalized spacial score (nSPS) is 15.0. The highest BCUT2D eigenvalue weighted by Crippen LogP contribution is 2.13. The van der Waals surface area contributed by atoms with Gasteiger partial charge in [-0.25, -0.2) is 9.18 Å². The number of ether oxygens (including phenoxy) is 2. The minimum absolute atomic E-state index is 0. The molecule has 2 N–H and O–H groups in total. The zero-order chi connectivity index (χ0) is 19.6. The Labute approximate surface area is 183 Å². The van der Waals surface area contributed by atoms with Crippen molar-refractivity contribution in [3.63, 3.8) is 0 Å². The molecule has 0 aromatic heterocycles. The molecule has 9 heteroatoms. The Morgan fingerprint density at radius 1 is 1.36 bits per heavy atom. The van der Waals surface area contributed by atoms with Crippen LogP contribution in [0.15, 0.2) is 23.2 Å². The molecule has 1 aromatic carbocycles. The molecule has 28 heavy (non-hydrogen) atoms. The summed E-state index contributed by atoms with van der Waals surface area (Å²) in [5, 5.41) is 6.63. The van der Waals surface area contributed by atoms with Gasteiger partial charge in [0.2, 0.25) is 0 Å². The quantitative estimate of drug-likeness (QED) is 0.351. The number of methoxy groups -OCH3 is 1. The molecule has 0 atom stereocenters. The average Bonchev–Trinajstić information content (AvgIpc) is 2.68. The second kappa shape index (κ2) is 12.8. The summed E-state index contributed by atoms with van der Waals surface area (Å²) in [5.41, 5.74) is 1.48. The summed E-state index contributed by atoms with van der Waals surface area (Å²) in [6.45, 7) is 4.28. The van der Waals surface area contributed by atoms with Gasteiger partial charge in [-0.2, -0.15) is 0 Å². The van der Waals surface area contributed by atoms with E-state index in [9.17, 15) is 9.18 Å². The van der Waals surface area contributed by atoms with E-state index in [2.05, 4.69) is 15.6 Å². The third-order valence-electron chi connectivity index (χ3n) is 4.46. The molecule has 158 valence electrons. The number of hydrogen-bond acceptors (Lipinski definition) is 4. The largest absolute Gasteiger partial charge is 0.450 e. The molecule has 1 amide bonds. The van der Waals surface area contributed by atoms with Crippen molar-refractivity contribution in [2.24, 2.45) is 4.99 Å². The van der Waals surface area contributed by atoms with Crippen LogP contribution in [-0.4, -0.2) is 56.8 Å². The van der Waals surface area contributed by atoms with E-state index in [1.807, 2.05) is 0 Å². The van der Waals surface area contributed by atoms with Crippen LogP contribution in [0.3, 0.4) is 0 Å². The Hall–Kier alpha value is -1.62. The topological polar surface area (TPSA) is 75.2 Å². The second-order valence-corrected chi connectivity index (χ2v) is 6.39. The summed E-state index contributed by atoms with van der Waals surface area (Å²) < 4.78 is 23.7. The summed E-state index contributed by atoms with van der Waals surface area (Å²) in [5.74, 6) is 0.415. The molecule has 0 bridgehead atoms. The summed E-state index contributed by atoms with van der Waals surface area (Å²) in [6, 6.07) is 5.22. The predicted molar refractivity (Wildman–Crippen MR) is 117 cm³/mol. The van der Waals surface area contributed by atoms with Crippen LogP contribution in [0.5, 0.6) is 0 Å². The van der Waals surface area contributed by atoms with Gasteiger partial charge >= 0.3 is 6.09 Å². The third kappa shape index (κ3) is 7.42. The van der Waals surface area contributed by atoms with E-state index in [0.717, 1.165) is 18.4 Å². The summed E-state index contributed by atoms with van der Waals surface area (Å²) in [6.07, 6.45) is 1.41. The third-order valence-corrected chi connectivity index (χ3v) is 4.46. The molecule has 1 heterocycles. The van der Waals surface area contributed by atoms with Gasteiger partial charge in [0.25, 0.3) is 0 Å². The molecule has 1 aromatic rings. The average molecular weight is 508 g/mol. The van der Waals surface area contributed by atoms with Crippen LogP contribution in [-0.2, 0) is 22.6 Å². The predicted octanol–water partition coefficient (Wildman–Crippen LogP) is 2.88. The van der Waals surface area contributed by atoms with E-state index >= 15 is 0 Å². The van der Waals surface area contributed by atoms with Gasteiger partial charge in [-0.05, 0) is 37.5 Å². The minimum atomic E-state index is -0.267. The van der Waals surface area contributed by atoms with Crippen molar-refractivity contribution in [3.8, 4) is 0 Å². The maximum absolute atomic E-state index is 13.7. The number of nitrogens with one attached hydrogen (secondary N) is 2. The number of rotatable bonds is 6. The minimum Gasteiger partial charge on any atom is -0.450 e. The van der Waals surface area contributed by atoms with Gasteiger partial charge in [-0.1, -0.05) is 6.07 Å². The molecule has 1 saturated heterocycles. The van der Waals surface area contributed by atoms with E-state index in [1.54, 1.807) is 38.1 Å². The van der Waals surface area contributed by atoms with Crippen molar-refractivity contribution in [1.29, 1.82) is 0 Å². The Morgan fingerprint density at radius 2 is 2.07 bits per heavy atom. The number of nitrogens with zero attached hydrogens (tertiary/aromatic N) is 2. The van der Waals surface area contributed by atoms with Gasteiger partial charge in [-0.15, -0.1) is 24.0 Å². The first kappa shape index (κ1) is 24.4. The molecular formula is C19H30FIN4O3. The van der Waals surface area contributed by atoms with Crippen molar-refractivity contribution >= 4 is 36.0 Å². The number of carbonyl (C=O) groups excluding carboxylic acids is 1. The highest BCUT2D eigenvalue weighted by atomic mass is 127. The Morgan fingerprint density at radius 3 is 2.68 bits per heavy atom. The highest BCUT2D eigenvalue weighted by Gasteiger charge is 2.24. The molecule has 1 aliphatic heterocycles. The first-order valence-electron chi connectivity index (χ1n) is 9.22. The van der Waals surface area contributed by atoms with Crippen LogP contribution in [0.25, 0.3) is 0 Å². The van der Waals surface area contributed by atoms with Gasteiger partial charge in [-0.3, -0.25) is 4.99 Å². The summed E-state index contributed by atoms with van der Waals surface area (Å²) in [4.78, 5) is 17.7. The number of carbonyl (C=O) groups is 1. The monoisotopic (exact) mass is 508 g/mol. The zero-order valence-corrected chi connectivity index (χ0v) is 19.0. The van der Waals surface area contributed by atoms with Crippen molar-refractivity contribution < 1.29 is 18.7 Å². The molecule has 0 spiro atoms. The Balaban J connectivity index is 0.00000392. The number of likely N-dealkylation sites (tertiary alicyclic amines) is 1. The smallest absolute Gasteiger partial charge is 0.409 e. The van der Waals surface area contributed by atoms with Gasteiger partial charge in [0.05, 0.1) is 13.2 Å². The first-order valence-corrected chi connectivity index (χ1v) is 9.22. The molecule has 7 nitrogen and oxygen atoms in total. The molecule has 1 fully saturated rings. The Kier molecular flexibility index (Phi) is 11.1. The van der Waals surface area contributed by atoms with Crippen molar-refractivity contribution in [2.45, 2.75) is 39.0 Å². The van der Waals surface area contributed by atoms with Gasteiger partial charge in [0.15, 0.2) is 5.96 Å². The van der Waals surface area contributed by atoms with E-state index in [1.165, 1.54) is 6.07 Å². The van der Waals surface area contributed by atoms with E-state index in [-0.39, 0.29) is 48.5 Å². The lowest BCUT2D eigenvalue weighted by Gasteiger charge is -2.32. The maximum Gasteiger partial charge on any atom is 0.409 e. The van der Waals surface area contributed by atoms with Crippen molar-refractivity contribution in [3.05, 3.63) is 35.1 Å². The van der Waals surface area contributed by atoms with E-state index < -0.39 is 0 Å². The molecule has 0 saturated carbocycles. The van der Waals surface area contributed by atoms with Crippen LogP contribution >= 0.6 is 24.0 Å². The number of amides is 1. The van der Waals surface area contributed by atoms with Crippen molar-refractivity contribution in [1.82, 2.24) is 15.5 Å². The SMILES string of the molecule is CCOC(=O)N1CCC(NC(=NC)NCc2ccc(F)c(COC)c2)CC1.I. The van der Waals surface area contributed by atoms with Gasteiger partial charge < -0.3 is 25.0 Å². The number of aliphatic imine (C=N–C) groups is 1. The molecule has 0 radical (unpaired) electrons. The van der Waals surface area contributed by atoms with Crippen LogP contribution in [0.1, 0.15) is 30.9 Å². The van der Waals surface area contributed by atoms with Crippen LogP contribution in [0, 0.1) is 5.82 Å². The summed E-state index contributed by atoms with van der Waals surface area (Å²) >= 11 is 0. The van der Waals surface area contributed by atoms with Crippen LogP contribution < -0.4 is 10.6 Å². The number of benzene rings is 1. The lowest BCUT2D eigenvalue weighted by atomic mass is 10.1. The maximum atomic E-state index is 13.7. The van der Waals surface area contributed by atoms with Crippen LogP contribution in [0.4, 0.5) is 9.18 Å². The first-order chi connectivity index (χ1) is 13.1. The molecule has 0 unspecified atom stereocenters. The lowest BCUT2D eigenvalue weighted by molar-refractivity contribution is 0.0963. The fourth-order valence-corrected chi connectivity index (χ4v) is 3.00. The van der Waals surface area contributed by atoms with Crippen molar-refractivity contribution in [2.75, 3.05) is 33.9 Å². The van der Waals surface area contributed by atoms with Gasteiger partial charge in [0, 0.05) is 45.4 Å². The molecule has 1 aliphatic rings. The molecular weight excluding hydrogens is 478 g/mol.